The molecule has 0 aromatic heterocycles. The summed E-state index contributed by atoms with van der Waals surface area (Å²) in [4.78, 5) is 18.1. The topological polar surface area (TPSA) is 44.8 Å². The molecule has 1 atom stereocenters. The zero-order chi connectivity index (χ0) is 18.4. The number of nitrogens with zero attached hydrogens (tertiary/aromatic N) is 2. The first kappa shape index (κ1) is 18.4. The first-order valence-corrected chi connectivity index (χ1v) is 11.5. The molecule has 6 aliphatic rings. The van der Waals surface area contributed by atoms with E-state index in [1.54, 1.807) is 0 Å². The summed E-state index contributed by atoms with van der Waals surface area (Å²) >= 11 is 0. The van der Waals surface area contributed by atoms with E-state index in [-0.39, 0.29) is 11.9 Å². The summed E-state index contributed by atoms with van der Waals surface area (Å²) in [5.74, 6) is 4.39. The van der Waals surface area contributed by atoms with E-state index in [0.29, 0.717) is 12.6 Å². The first-order chi connectivity index (χ1) is 13.2. The minimum atomic E-state index is -0.0735. The SMILES string of the molecule is CN1CCC(CN2CCOC[C@@H]2C(=O)NC2C3CC4CC(C3)CC2C4)CC1. The van der Waals surface area contributed by atoms with E-state index in [1.165, 1.54) is 58.0 Å². The Bertz CT molecular complexity index is 518. The fraction of sp³-hybridized carbons (Fsp3) is 0.955. The molecule has 27 heavy (non-hydrogen) atoms. The lowest BCUT2D eigenvalue weighted by Gasteiger charge is -2.54. The van der Waals surface area contributed by atoms with Crippen LogP contribution in [-0.4, -0.2) is 74.2 Å². The Balaban J connectivity index is 1.20. The van der Waals surface area contributed by atoms with Gasteiger partial charge in [0.1, 0.15) is 6.04 Å². The highest BCUT2D eigenvalue weighted by Gasteiger charge is 2.49. The van der Waals surface area contributed by atoms with Gasteiger partial charge < -0.3 is 15.0 Å². The van der Waals surface area contributed by atoms with Crippen LogP contribution in [0.3, 0.4) is 0 Å². The van der Waals surface area contributed by atoms with E-state index in [1.807, 2.05) is 0 Å². The van der Waals surface area contributed by atoms with Crippen molar-refractivity contribution in [2.24, 2.45) is 29.6 Å². The maximum atomic E-state index is 13.3. The van der Waals surface area contributed by atoms with Gasteiger partial charge in [0.2, 0.25) is 5.91 Å². The molecule has 1 amide bonds. The number of likely N-dealkylation sites (tertiary alicyclic amines) is 1. The zero-order valence-corrected chi connectivity index (χ0v) is 16.9. The smallest absolute Gasteiger partial charge is 0.239 e. The Morgan fingerprint density at radius 2 is 1.67 bits per heavy atom. The van der Waals surface area contributed by atoms with E-state index in [2.05, 4.69) is 22.2 Å². The van der Waals surface area contributed by atoms with Crippen LogP contribution in [0.5, 0.6) is 0 Å². The van der Waals surface area contributed by atoms with Crippen LogP contribution in [0.4, 0.5) is 0 Å². The van der Waals surface area contributed by atoms with Gasteiger partial charge in [-0.15, -0.1) is 0 Å². The van der Waals surface area contributed by atoms with Gasteiger partial charge in [-0.05, 0) is 94.7 Å². The Kier molecular flexibility index (Phi) is 5.20. The second-order valence-electron chi connectivity index (χ2n) is 10.3. The van der Waals surface area contributed by atoms with E-state index < -0.39 is 0 Å². The molecular weight excluding hydrogens is 338 g/mol. The zero-order valence-electron chi connectivity index (χ0n) is 16.9. The second kappa shape index (κ2) is 7.64. The third kappa shape index (κ3) is 3.79. The molecule has 5 nitrogen and oxygen atoms in total. The highest BCUT2D eigenvalue weighted by Crippen LogP contribution is 2.53. The molecule has 0 aromatic carbocycles. The molecule has 4 aliphatic carbocycles. The van der Waals surface area contributed by atoms with Crippen LogP contribution in [0.25, 0.3) is 0 Å². The molecule has 152 valence electrons. The standard InChI is InChI=1S/C22H37N3O2/c1-24-4-2-15(3-5-24)13-25-6-7-27-14-20(25)22(26)23-21-18-9-16-8-17(11-18)12-19(21)10-16/h15-21H,2-14H2,1H3,(H,23,26)/t16?,17?,18?,19?,20-,21?/m1/s1. The molecule has 0 spiro atoms. The lowest BCUT2D eigenvalue weighted by Crippen LogP contribution is -2.61. The van der Waals surface area contributed by atoms with Crippen LogP contribution in [-0.2, 0) is 9.53 Å². The minimum Gasteiger partial charge on any atom is -0.378 e. The van der Waals surface area contributed by atoms with Crippen molar-refractivity contribution in [1.29, 1.82) is 0 Å². The average Bonchev–Trinajstić information content (AvgIpc) is 2.66. The van der Waals surface area contributed by atoms with Gasteiger partial charge in [0.05, 0.1) is 13.2 Å². The first-order valence-electron chi connectivity index (χ1n) is 11.5. The Morgan fingerprint density at radius 1 is 1.00 bits per heavy atom. The van der Waals surface area contributed by atoms with Crippen molar-refractivity contribution >= 4 is 5.91 Å². The molecule has 0 aromatic rings. The number of piperidine rings is 1. The van der Waals surface area contributed by atoms with Gasteiger partial charge in [-0.1, -0.05) is 0 Å². The van der Waals surface area contributed by atoms with Crippen LogP contribution in [0.2, 0.25) is 0 Å². The fourth-order valence-corrected chi connectivity index (χ4v) is 7.10. The summed E-state index contributed by atoms with van der Waals surface area (Å²) in [5.41, 5.74) is 0. The largest absolute Gasteiger partial charge is 0.378 e. The van der Waals surface area contributed by atoms with Gasteiger partial charge in [-0.2, -0.15) is 0 Å². The molecule has 2 aliphatic heterocycles. The number of morpholine rings is 1. The molecule has 6 rings (SSSR count). The maximum absolute atomic E-state index is 13.3. The Hall–Kier alpha value is -0.650. The molecule has 0 unspecified atom stereocenters. The number of carbonyl (C=O) groups is 1. The molecule has 4 bridgehead atoms. The van der Waals surface area contributed by atoms with Crippen molar-refractivity contribution in [3.8, 4) is 0 Å². The minimum absolute atomic E-state index is 0.0735. The maximum Gasteiger partial charge on any atom is 0.239 e. The summed E-state index contributed by atoms with van der Waals surface area (Å²) in [6.45, 7) is 5.71. The summed E-state index contributed by atoms with van der Waals surface area (Å²) in [6.07, 6.45) is 9.43. The normalized spacial score (nSPS) is 43.1. The van der Waals surface area contributed by atoms with Crippen molar-refractivity contribution in [1.82, 2.24) is 15.1 Å². The number of rotatable bonds is 4. The quantitative estimate of drug-likeness (QED) is 0.816. The van der Waals surface area contributed by atoms with Crippen molar-refractivity contribution in [3.63, 3.8) is 0 Å². The van der Waals surface area contributed by atoms with Crippen LogP contribution in [0.1, 0.15) is 44.9 Å². The van der Waals surface area contributed by atoms with Crippen LogP contribution >= 0.6 is 0 Å². The third-order valence-corrected chi connectivity index (χ3v) is 8.41. The van der Waals surface area contributed by atoms with Crippen LogP contribution < -0.4 is 5.32 Å². The summed E-state index contributed by atoms with van der Waals surface area (Å²) in [5, 5.41) is 3.54. The third-order valence-electron chi connectivity index (χ3n) is 8.41. The lowest BCUT2D eigenvalue weighted by molar-refractivity contribution is -0.137. The number of carbonyl (C=O) groups excluding carboxylic acids is 1. The Morgan fingerprint density at radius 3 is 2.33 bits per heavy atom. The van der Waals surface area contributed by atoms with E-state index in [9.17, 15) is 4.79 Å². The van der Waals surface area contributed by atoms with Crippen molar-refractivity contribution in [3.05, 3.63) is 0 Å². The summed E-state index contributed by atoms with van der Waals surface area (Å²) in [6, 6.07) is 0.369. The summed E-state index contributed by atoms with van der Waals surface area (Å²) in [7, 11) is 2.21. The highest BCUT2D eigenvalue weighted by molar-refractivity contribution is 5.82. The lowest BCUT2D eigenvalue weighted by atomic mass is 9.54. The predicted molar refractivity (Wildman–Crippen MR) is 105 cm³/mol. The van der Waals surface area contributed by atoms with Crippen LogP contribution in [0.15, 0.2) is 0 Å². The van der Waals surface area contributed by atoms with Gasteiger partial charge >= 0.3 is 0 Å². The number of ether oxygens (including phenoxy) is 1. The van der Waals surface area contributed by atoms with Gasteiger partial charge in [0.15, 0.2) is 0 Å². The fourth-order valence-electron chi connectivity index (χ4n) is 7.10. The highest BCUT2D eigenvalue weighted by atomic mass is 16.5. The molecule has 4 saturated carbocycles. The van der Waals surface area contributed by atoms with Gasteiger partial charge in [-0.25, -0.2) is 0 Å². The summed E-state index contributed by atoms with van der Waals surface area (Å²) < 4.78 is 5.74. The molecule has 2 saturated heterocycles. The van der Waals surface area contributed by atoms with E-state index in [4.69, 9.17) is 4.74 Å². The number of nitrogens with one attached hydrogen (secondary N) is 1. The predicted octanol–water partition coefficient (Wildman–Crippen LogP) is 1.97. The van der Waals surface area contributed by atoms with E-state index in [0.717, 1.165) is 49.3 Å². The molecule has 5 heteroatoms. The van der Waals surface area contributed by atoms with Crippen molar-refractivity contribution < 1.29 is 9.53 Å². The Labute approximate surface area is 164 Å². The molecule has 2 heterocycles. The molecule has 0 radical (unpaired) electrons. The molecule has 6 fully saturated rings. The second-order valence-corrected chi connectivity index (χ2v) is 10.3. The average molecular weight is 376 g/mol. The van der Waals surface area contributed by atoms with Crippen molar-refractivity contribution in [2.45, 2.75) is 57.0 Å². The van der Waals surface area contributed by atoms with Gasteiger partial charge in [-0.3, -0.25) is 9.69 Å². The van der Waals surface area contributed by atoms with Gasteiger partial charge in [0, 0.05) is 19.1 Å². The number of hydrogen-bond acceptors (Lipinski definition) is 4. The van der Waals surface area contributed by atoms with Crippen LogP contribution in [0, 0.1) is 29.6 Å². The number of hydrogen-bond donors (Lipinski definition) is 1. The monoisotopic (exact) mass is 375 g/mol. The molecule has 1 N–H and O–H groups in total. The van der Waals surface area contributed by atoms with Gasteiger partial charge in [0.25, 0.3) is 0 Å². The van der Waals surface area contributed by atoms with Crippen molar-refractivity contribution in [2.75, 3.05) is 46.4 Å². The van der Waals surface area contributed by atoms with E-state index >= 15 is 0 Å². The molecular formula is C22H37N3O2. The number of amides is 1.